The van der Waals surface area contributed by atoms with E-state index in [1.54, 1.807) is 0 Å². The number of Topliss-reactive ketones (excluding diaryl/α,β-unsaturated/α-hetero) is 1. The van der Waals surface area contributed by atoms with Gasteiger partial charge in [-0.2, -0.15) is 22.0 Å². The molecular formula is C13H14F5NO5S. The Kier molecular flexibility index (Phi) is 3.79. The largest absolute Gasteiger partial charge is 0.444 e. The lowest BCUT2D eigenvalue weighted by Gasteiger charge is -2.33. The van der Waals surface area contributed by atoms with E-state index in [2.05, 4.69) is 9.88 Å². The number of ether oxygens (including phenoxy) is 1. The third kappa shape index (κ3) is 2.56. The van der Waals surface area contributed by atoms with Crippen LogP contribution in [0.4, 0.5) is 22.0 Å². The fourth-order valence-electron chi connectivity index (χ4n) is 4.53. The van der Waals surface area contributed by atoms with Crippen LogP contribution in [-0.2, 0) is 24.3 Å². The van der Waals surface area contributed by atoms with Gasteiger partial charge in [0.25, 0.3) is 16.1 Å². The van der Waals surface area contributed by atoms with E-state index in [9.17, 15) is 40.0 Å². The van der Waals surface area contributed by atoms with E-state index in [0.29, 0.717) is 12.8 Å². The topological polar surface area (TPSA) is 104 Å². The van der Waals surface area contributed by atoms with Crippen molar-refractivity contribution in [3.8, 4) is 0 Å². The number of primary sulfonamides is 1. The van der Waals surface area contributed by atoms with Gasteiger partial charge in [-0.25, -0.2) is 13.6 Å². The molecule has 4 rings (SSSR count). The molecule has 5 unspecified atom stereocenters. The van der Waals surface area contributed by atoms with Crippen molar-refractivity contribution in [2.24, 2.45) is 28.3 Å². The van der Waals surface area contributed by atoms with E-state index >= 15 is 0 Å². The average Bonchev–Trinajstić information content (AvgIpc) is 2.81. The van der Waals surface area contributed by atoms with Crippen LogP contribution >= 0.6 is 0 Å². The molecule has 0 aromatic heterocycles. The van der Waals surface area contributed by atoms with Gasteiger partial charge in [-0.05, 0) is 31.6 Å². The van der Waals surface area contributed by atoms with Gasteiger partial charge in [0.2, 0.25) is 0 Å². The Labute approximate surface area is 138 Å². The maximum Gasteiger partial charge on any atom is 0.432 e. The van der Waals surface area contributed by atoms with Gasteiger partial charge in [0.05, 0.1) is 5.41 Å². The van der Waals surface area contributed by atoms with Crippen LogP contribution in [0.15, 0.2) is 0 Å². The molecule has 142 valence electrons. The number of ketones is 1. The Balaban J connectivity index is 1.92. The molecule has 0 aromatic rings. The standard InChI is InChI=1S/C13H14F5NO5S/c14-12(15,16)9(13(17,18)25(19,22)23)24-10(21)11-3-5-1-6(4-11)8(20)7(11)2-5/h5-7,9H,1-4H2,(H2,19,22,23). The molecule has 6 nitrogen and oxygen atoms in total. The van der Waals surface area contributed by atoms with Crippen molar-refractivity contribution in [1.82, 2.24) is 0 Å². The fourth-order valence-corrected chi connectivity index (χ4v) is 5.01. The Morgan fingerprint density at radius 3 is 2.32 bits per heavy atom. The summed E-state index contributed by atoms with van der Waals surface area (Å²) >= 11 is 0. The number of hydrogen-bond acceptors (Lipinski definition) is 5. The number of alkyl halides is 5. The van der Waals surface area contributed by atoms with E-state index in [1.165, 1.54) is 0 Å². The maximum atomic E-state index is 13.7. The summed E-state index contributed by atoms with van der Waals surface area (Å²) < 4.78 is 91.9. The molecule has 4 bridgehead atoms. The zero-order valence-corrected chi connectivity index (χ0v) is 13.4. The predicted octanol–water partition coefficient (Wildman–Crippen LogP) is 1.35. The Morgan fingerprint density at radius 1 is 1.20 bits per heavy atom. The minimum atomic E-state index is -5.99. The predicted molar refractivity (Wildman–Crippen MR) is 70.4 cm³/mol. The quantitative estimate of drug-likeness (QED) is 0.576. The summed E-state index contributed by atoms with van der Waals surface area (Å²) in [4.78, 5) is 24.4. The highest BCUT2D eigenvalue weighted by Crippen LogP contribution is 2.64. The highest BCUT2D eigenvalue weighted by Gasteiger charge is 2.70. The molecule has 0 aliphatic heterocycles. The minimum absolute atomic E-state index is 0.0582. The molecule has 0 aromatic carbocycles. The van der Waals surface area contributed by atoms with E-state index in [4.69, 9.17) is 0 Å². The first kappa shape index (κ1) is 18.5. The van der Waals surface area contributed by atoms with Crippen LogP contribution in [0.2, 0.25) is 0 Å². The molecule has 4 aliphatic rings. The van der Waals surface area contributed by atoms with E-state index in [-0.39, 0.29) is 24.5 Å². The number of carbonyl (C=O) groups excluding carboxylic acids is 2. The van der Waals surface area contributed by atoms with Gasteiger partial charge in [0, 0.05) is 11.8 Å². The van der Waals surface area contributed by atoms with Crippen LogP contribution in [-0.4, -0.2) is 37.7 Å². The number of sulfonamides is 1. The minimum Gasteiger partial charge on any atom is -0.444 e. The first-order chi connectivity index (χ1) is 11.2. The number of nitrogens with two attached hydrogens (primary N) is 1. The number of carbonyl (C=O) groups is 2. The Morgan fingerprint density at radius 2 is 1.80 bits per heavy atom. The summed E-state index contributed by atoms with van der Waals surface area (Å²) in [7, 11) is -5.99. The summed E-state index contributed by atoms with van der Waals surface area (Å²) in [6, 6.07) is 0. The zero-order valence-electron chi connectivity index (χ0n) is 12.6. The molecule has 25 heavy (non-hydrogen) atoms. The molecule has 0 spiro atoms. The highest BCUT2D eigenvalue weighted by molar-refractivity contribution is 7.90. The molecule has 0 saturated heterocycles. The Bertz CT molecular complexity index is 736. The van der Waals surface area contributed by atoms with Gasteiger partial charge in [-0.3, -0.25) is 9.59 Å². The van der Waals surface area contributed by atoms with Crippen LogP contribution in [0.1, 0.15) is 25.7 Å². The van der Waals surface area contributed by atoms with Crippen LogP contribution in [0.3, 0.4) is 0 Å². The van der Waals surface area contributed by atoms with E-state index < -0.39 is 50.8 Å². The van der Waals surface area contributed by atoms with Gasteiger partial charge in [0.1, 0.15) is 5.78 Å². The molecule has 2 N–H and O–H groups in total. The normalized spacial score (nSPS) is 35.9. The first-order valence-electron chi connectivity index (χ1n) is 7.42. The number of halogens is 5. The van der Waals surface area contributed by atoms with Gasteiger partial charge in [-0.1, -0.05) is 0 Å². The highest BCUT2D eigenvalue weighted by atomic mass is 32.2. The van der Waals surface area contributed by atoms with Crippen LogP contribution in [0, 0.1) is 23.2 Å². The SMILES string of the molecule is NS(=O)(=O)C(F)(F)C(OC(=O)C12CC3CC(C1)C(=O)C2C3)C(F)(F)F. The lowest BCUT2D eigenvalue weighted by atomic mass is 9.75. The molecule has 4 fully saturated rings. The lowest BCUT2D eigenvalue weighted by Crippen LogP contribution is -2.55. The maximum absolute atomic E-state index is 13.7. The third-order valence-corrected chi connectivity index (χ3v) is 6.45. The van der Waals surface area contributed by atoms with Crippen molar-refractivity contribution >= 4 is 21.8 Å². The van der Waals surface area contributed by atoms with Crippen LogP contribution in [0.5, 0.6) is 0 Å². The van der Waals surface area contributed by atoms with Gasteiger partial charge >= 0.3 is 17.4 Å². The molecule has 5 atom stereocenters. The summed E-state index contributed by atoms with van der Waals surface area (Å²) in [5.41, 5.74) is -1.58. The van der Waals surface area contributed by atoms with Gasteiger partial charge in [-0.15, -0.1) is 0 Å². The average molecular weight is 391 g/mol. The van der Waals surface area contributed by atoms with Crippen molar-refractivity contribution in [1.29, 1.82) is 0 Å². The number of hydrogen-bond donors (Lipinski definition) is 1. The molecule has 4 saturated carbocycles. The summed E-state index contributed by atoms with van der Waals surface area (Å²) in [6.45, 7) is 0. The Hall–Kier alpha value is -1.30. The molecular weight excluding hydrogens is 377 g/mol. The fraction of sp³-hybridized carbons (Fsp3) is 0.846. The molecule has 4 aliphatic carbocycles. The molecule has 0 amide bonds. The summed E-state index contributed by atoms with van der Waals surface area (Å²) in [5.74, 6) is -3.29. The zero-order chi connectivity index (χ0) is 19.0. The smallest absolute Gasteiger partial charge is 0.432 e. The second kappa shape index (κ2) is 5.12. The monoisotopic (exact) mass is 391 g/mol. The second-order valence-electron chi connectivity index (χ2n) is 6.99. The lowest BCUT2D eigenvalue weighted by molar-refractivity contribution is -0.262. The molecule has 0 heterocycles. The third-order valence-electron chi connectivity index (χ3n) is 5.48. The van der Waals surface area contributed by atoms with Crippen molar-refractivity contribution in [2.45, 2.75) is 43.2 Å². The summed E-state index contributed by atoms with van der Waals surface area (Å²) in [6.07, 6.45) is -9.26. The van der Waals surface area contributed by atoms with Gasteiger partial charge in [0.15, 0.2) is 0 Å². The summed E-state index contributed by atoms with van der Waals surface area (Å²) in [5, 5.41) is -1.37. The molecule has 0 radical (unpaired) electrons. The van der Waals surface area contributed by atoms with Crippen molar-refractivity contribution in [3.05, 3.63) is 0 Å². The number of rotatable bonds is 4. The van der Waals surface area contributed by atoms with Crippen molar-refractivity contribution in [2.75, 3.05) is 0 Å². The first-order valence-corrected chi connectivity index (χ1v) is 8.96. The number of esters is 1. The van der Waals surface area contributed by atoms with Crippen LogP contribution in [0.25, 0.3) is 0 Å². The van der Waals surface area contributed by atoms with Gasteiger partial charge < -0.3 is 4.74 Å². The second-order valence-corrected chi connectivity index (χ2v) is 8.62. The van der Waals surface area contributed by atoms with E-state index in [1.807, 2.05) is 0 Å². The van der Waals surface area contributed by atoms with Crippen molar-refractivity contribution < 1.29 is 44.7 Å². The van der Waals surface area contributed by atoms with E-state index in [0.717, 1.165) is 0 Å². The molecule has 12 heteroatoms. The van der Waals surface area contributed by atoms with Crippen molar-refractivity contribution in [3.63, 3.8) is 0 Å². The van der Waals surface area contributed by atoms with Crippen LogP contribution < -0.4 is 5.14 Å².